The van der Waals surface area contributed by atoms with Crippen LogP contribution in [0.2, 0.25) is 0 Å². The van der Waals surface area contributed by atoms with Crippen molar-refractivity contribution in [3.8, 4) is 0 Å². The second-order valence-corrected chi connectivity index (χ2v) is 4.38. The van der Waals surface area contributed by atoms with Crippen molar-refractivity contribution in [2.75, 3.05) is 5.32 Å². The Bertz CT molecular complexity index is 296. The summed E-state index contributed by atoms with van der Waals surface area (Å²) in [6.45, 7) is 5.96. The maximum absolute atomic E-state index is 11.4. The Kier molecular flexibility index (Phi) is 3.40. The molecule has 5 nitrogen and oxygen atoms in total. The zero-order chi connectivity index (χ0) is 10.6. The summed E-state index contributed by atoms with van der Waals surface area (Å²) < 4.78 is 3.64. The molecule has 0 atom stereocenters. The molecule has 0 bridgehead atoms. The Morgan fingerprint density at radius 2 is 2.36 bits per heavy atom. The van der Waals surface area contributed by atoms with Crippen LogP contribution in [-0.2, 0) is 0 Å². The first-order valence-corrected chi connectivity index (χ1v) is 5.17. The number of anilines is 1. The van der Waals surface area contributed by atoms with Crippen molar-refractivity contribution < 1.29 is 4.79 Å². The van der Waals surface area contributed by atoms with Crippen LogP contribution in [0.3, 0.4) is 0 Å². The van der Waals surface area contributed by atoms with Crippen molar-refractivity contribution >= 4 is 22.6 Å². The average molecular weight is 214 g/mol. The molecule has 0 aliphatic rings. The molecular weight excluding hydrogens is 200 g/mol. The van der Waals surface area contributed by atoms with E-state index in [2.05, 4.69) is 20.2 Å². The van der Waals surface area contributed by atoms with E-state index in [1.807, 2.05) is 20.8 Å². The Labute approximate surface area is 87.1 Å². The molecular formula is C8H14N4OS. The molecule has 0 radical (unpaired) electrons. The van der Waals surface area contributed by atoms with Gasteiger partial charge in [-0.2, -0.15) is 0 Å². The molecule has 0 spiro atoms. The first kappa shape index (κ1) is 10.9. The fraction of sp³-hybridized carbons (Fsp3) is 0.625. The van der Waals surface area contributed by atoms with Crippen molar-refractivity contribution in [1.29, 1.82) is 0 Å². The van der Waals surface area contributed by atoms with Gasteiger partial charge in [-0.15, -0.1) is 5.10 Å². The molecule has 1 aromatic rings. The van der Waals surface area contributed by atoms with Crippen LogP contribution in [0.4, 0.5) is 9.80 Å². The van der Waals surface area contributed by atoms with Crippen LogP contribution in [0.1, 0.15) is 27.2 Å². The van der Waals surface area contributed by atoms with Gasteiger partial charge in [0.2, 0.25) is 0 Å². The summed E-state index contributed by atoms with van der Waals surface area (Å²) in [5.41, 5.74) is -0.192. The summed E-state index contributed by atoms with van der Waals surface area (Å²) >= 11 is 1.15. The van der Waals surface area contributed by atoms with Crippen LogP contribution < -0.4 is 10.6 Å². The van der Waals surface area contributed by atoms with Crippen molar-refractivity contribution in [1.82, 2.24) is 14.9 Å². The zero-order valence-corrected chi connectivity index (χ0v) is 9.31. The van der Waals surface area contributed by atoms with E-state index in [1.165, 1.54) is 6.20 Å². The van der Waals surface area contributed by atoms with E-state index < -0.39 is 0 Å². The van der Waals surface area contributed by atoms with Gasteiger partial charge >= 0.3 is 6.03 Å². The zero-order valence-electron chi connectivity index (χ0n) is 8.50. The van der Waals surface area contributed by atoms with Gasteiger partial charge in [-0.1, -0.05) is 11.4 Å². The number of aromatic nitrogens is 2. The molecule has 1 heterocycles. The van der Waals surface area contributed by atoms with Crippen molar-refractivity contribution in [2.45, 2.75) is 32.7 Å². The number of nitrogens with zero attached hydrogens (tertiary/aromatic N) is 2. The molecule has 0 saturated heterocycles. The van der Waals surface area contributed by atoms with E-state index in [1.54, 1.807) is 0 Å². The quantitative estimate of drug-likeness (QED) is 0.807. The lowest BCUT2D eigenvalue weighted by molar-refractivity contribution is 0.240. The summed E-state index contributed by atoms with van der Waals surface area (Å²) in [7, 11) is 0. The Hall–Kier alpha value is -1.17. The summed E-state index contributed by atoms with van der Waals surface area (Å²) in [5, 5.41) is 9.77. The molecule has 0 saturated carbocycles. The highest BCUT2D eigenvalue weighted by atomic mass is 32.1. The predicted octanol–water partition coefficient (Wildman–Crippen LogP) is 1.85. The molecule has 1 rings (SSSR count). The Morgan fingerprint density at radius 3 is 2.86 bits per heavy atom. The number of amides is 2. The van der Waals surface area contributed by atoms with E-state index in [9.17, 15) is 4.79 Å². The van der Waals surface area contributed by atoms with Gasteiger partial charge in [0.25, 0.3) is 0 Å². The van der Waals surface area contributed by atoms with Crippen LogP contribution in [0.15, 0.2) is 6.20 Å². The molecule has 0 aromatic carbocycles. The highest BCUT2D eigenvalue weighted by Crippen LogP contribution is 2.11. The molecule has 6 heteroatoms. The van der Waals surface area contributed by atoms with Gasteiger partial charge in [-0.25, -0.2) is 4.79 Å². The number of rotatable bonds is 3. The lowest BCUT2D eigenvalue weighted by atomic mass is 10.0. The monoisotopic (exact) mass is 214 g/mol. The number of carbonyl (C=O) groups is 1. The average Bonchev–Trinajstić information content (AvgIpc) is 2.55. The van der Waals surface area contributed by atoms with E-state index in [0.717, 1.165) is 18.0 Å². The van der Waals surface area contributed by atoms with Crippen molar-refractivity contribution in [3.63, 3.8) is 0 Å². The first-order chi connectivity index (χ1) is 6.53. The molecule has 1 aromatic heterocycles. The standard InChI is InChI=1S/C8H14N4OS/c1-4-8(2,3)11-7(13)10-6-5-9-12-14-6/h5H,4H2,1-3H3,(H2,10,11,13). The largest absolute Gasteiger partial charge is 0.333 e. The highest BCUT2D eigenvalue weighted by molar-refractivity contribution is 7.10. The number of hydrogen-bond donors (Lipinski definition) is 2. The Balaban J connectivity index is 2.44. The molecule has 2 N–H and O–H groups in total. The van der Waals surface area contributed by atoms with Gasteiger partial charge in [0.1, 0.15) is 5.00 Å². The van der Waals surface area contributed by atoms with Crippen molar-refractivity contribution in [2.24, 2.45) is 0 Å². The van der Waals surface area contributed by atoms with Gasteiger partial charge in [-0.05, 0) is 20.3 Å². The van der Waals surface area contributed by atoms with Crippen LogP contribution >= 0.6 is 11.5 Å². The lowest BCUT2D eigenvalue weighted by Gasteiger charge is -2.24. The number of nitrogens with one attached hydrogen (secondary N) is 2. The highest BCUT2D eigenvalue weighted by Gasteiger charge is 2.17. The molecule has 0 aliphatic carbocycles. The number of carbonyl (C=O) groups excluding carboxylic acids is 1. The minimum atomic E-state index is -0.220. The van der Waals surface area contributed by atoms with E-state index in [0.29, 0.717) is 5.00 Å². The molecule has 0 unspecified atom stereocenters. The third-order valence-corrected chi connectivity index (χ3v) is 2.51. The van der Waals surface area contributed by atoms with Crippen LogP contribution in [-0.4, -0.2) is 21.2 Å². The van der Waals surface area contributed by atoms with Gasteiger partial charge in [0.05, 0.1) is 6.20 Å². The fourth-order valence-electron chi connectivity index (χ4n) is 0.761. The third-order valence-electron chi connectivity index (χ3n) is 1.93. The SMILES string of the molecule is CCC(C)(C)NC(=O)Nc1cnns1. The maximum Gasteiger partial charge on any atom is 0.320 e. The lowest BCUT2D eigenvalue weighted by Crippen LogP contribution is -2.44. The second kappa shape index (κ2) is 4.36. The minimum absolute atomic E-state index is 0.192. The molecule has 0 fully saturated rings. The van der Waals surface area contributed by atoms with Crippen LogP contribution in [0.25, 0.3) is 0 Å². The van der Waals surface area contributed by atoms with E-state index in [4.69, 9.17) is 0 Å². The molecule has 14 heavy (non-hydrogen) atoms. The topological polar surface area (TPSA) is 66.9 Å². The summed E-state index contributed by atoms with van der Waals surface area (Å²) in [6, 6.07) is -0.220. The number of hydrogen-bond acceptors (Lipinski definition) is 4. The van der Waals surface area contributed by atoms with Gasteiger partial charge in [0, 0.05) is 17.1 Å². The van der Waals surface area contributed by atoms with Gasteiger partial charge < -0.3 is 5.32 Å². The molecule has 0 aliphatic heterocycles. The van der Waals surface area contributed by atoms with Gasteiger partial charge in [-0.3, -0.25) is 5.32 Å². The third kappa shape index (κ3) is 3.29. The molecule has 2 amide bonds. The number of urea groups is 1. The summed E-state index contributed by atoms with van der Waals surface area (Å²) in [4.78, 5) is 11.4. The van der Waals surface area contributed by atoms with E-state index in [-0.39, 0.29) is 11.6 Å². The minimum Gasteiger partial charge on any atom is -0.333 e. The fourth-order valence-corrected chi connectivity index (χ4v) is 1.18. The predicted molar refractivity (Wildman–Crippen MR) is 56.4 cm³/mol. The normalized spacial score (nSPS) is 11.1. The van der Waals surface area contributed by atoms with E-state index >= 15 is 0 Å². The Morgan fingerprint density at radius 1 is 1.64 bits per heavy atom. The smallest absolute Gasteiger partial charge is 0.320 e. The summed E-state index contributed by atoms with van der Waals surface area (Å²) in [6.07, 6.45) is 2.39. The van der Waals surface area contributed by atoms with Crippen LogP contribution in [0.5, 0.6) is 0 Å². The van der Waals surface area contributed by atoms with Crippen molar-refractivity contribution in [3.05, 3.63) is 6.20 Å². The second-order valence-electron chi connectivity index (χ2n) is 3.60. The summed E-state index contributed by atoms with van der Waals surface area (Å²) in [5.74, 6) is 0. The maximum atomic E-state index is 11.4. The van der Waals surface area contributed by atoms with Crippen LogP contribution in [0, 0.1) is 0 Å². The molecule has 78 valence electrons. The first-order valence-electron chi connectivity index (χ1n) is 4.40. The van der Waals surface area contributed by atoms with Gasteiger partial charge in [0.15, 0.2) is 0 Å².